The van der Waals surface area contributed by atoms with E-state index in [1.165, 1.54) is 0 Å². The predicted octanol–water partition coefficient (Wildman–Crippen LogP) is 3.33. The summed E-state index contributed by atoms with van der Waals surface area (Å²) < 4.78 is 12.6. The monoisotopic (exact) mass is 298 g/mol. The largest absolute Gasteiger partial charge is 0.448 e. The van der Waals surface area contributed by atoms with Crippen LogP contribution in [0.25, 0.3) is 0 Å². The van der Waals surface area contributed by atoms with Gasteiger partial charge >= 0.3 is 0 Å². The fourth-order valence-corrected chi connectivity index (χ4v) is 3.06. The SMILES string of the molecule is CC(C)(O)c1cc2c(cc1Br)OC1(CCC1)O2. The maximum atomic E-state index is 10.1. The van der Waals surface area contributed by atoms with E-state index in [0.717, 1.165) is 40.8 Å². The molecule has 0 atom stereocenters. The topological polar surface area (TPSA) is 38.7 Å². The van der Waals surface area contributed by atoms with Gasteiger partial charge in [-0.05, 0) is 32.4 Å². The summed E-state index contributed by atoms with van der Waals surface area (Å²) in [5.41, 5.74) is -0.0803. The van der Waals surface area contributed by atoms with Gasteiger partial charge in [-0.15, -0.1) is 0 Å². The maximum absolute atomic E-state index is 10.1. The molecule has 0 amide bonds. The summed E-state index contributed by atoms with van der Waals surface area (Å²) in [7, 11) is 0. The molecule has 2 aliphatic rings. The molecule has 0 radical (unpaired) electrons. The first-order valence-electron chi connectivity index (χ1n) is 5.84. The van der Waals surface area contributed by atoms with Crippen molar-refractivity contribution in [2.45, 2.75) is 44.5 Å². The fourth-order valence-electron chi connectivity index (χ4n) is 2.25. The van der Waals surface area contributed by atoms with Gasteiger partial charge < -0.3 is 14.6 Å². The minimum Gasteiger partial charge on any atom is -0.448 e. The number of halogens is 1. The van der Waals surface area contributed by atoms with E-state index in [4.69, 9.17) is 9.47 Å². The van der Waals surface area contributed by atoms with Crippen molar-refractivity contribution >= 4 is 15.9 Å². The van der Waals surface area contributed by atoms with Gasteiger partial charge in [-0.1, -0.05) is 15.9 Å². The second-order valence-corrected chi connectivity index (χ2v) is 6.16. The summed E-state index contributed by atoms with van der Waals surface area (Å²) in [6.45, 7) is 3.52. The molecule has 4 heteroatoms. The highest BCUT2D eigenvalue weighted by molar-refractivity contribution is 9.10. The molecule has 1 aromatic rings. The standard InChI is InChI=1S/C13H15BrO3/c1-12(2,15)8-6-10-11(7-9(8)14)17-13(16-10)4-3-5-13/h6-7,15H,3-5H2,1-2H3. The molecule has 1 aromatic carbocycles. The Morgan fingerprint density at radius 1 is 1.24 bits per heavy atom. The Balaban J connectivity index is 2.01. The lowest BCUT2D eigenvalue weighted by atomic mass is 9.91. The molecule has 1 aliphatic heterocycles. The van der Waals surface area contributed by atoms with Crippen LogP contribution < -0.4 is 9.47 Å². The molecule has 1 N–H and O–H groups in total. The zero-order valence-electron chi connectivity index (χ0n) is 9.92. The number of benzene rings is 1. The fraction of sp³-hybridized carbons (Fsp3) is 0.538. The summed E-state index contributed by atoms with van der Waals surface area (Å²) in [5, 5.41) is 10.1. The van der Waals surface area contributed by atoms with Crippen LogP contribution in [0.4, 0.5) is 0 Å². The van der Waals surface area contributed by atoms with Gasteiger partial charge in [-0.25, -0.2) is 0 Å². The van der Waals surface area contributed by atoms with Crippen LogP contribution in [0.2, 0.25) is 0 Å². The van der Waals surface area contributed by atoms with Gasteiger partial charge in [0, 0.05) is 22.9 Å². The first-order valence-corrected chi connectivity index (χ1v) is 6.63. The Hall–Kier alpha value is -0.740. The Bertz CT molecular complexity index is 472. The van der Waals surface area contributed by atoms with E-state index in [1.54, 1.807) is 13.8 Å². The van der Waals surface area contributed by atoms with E-state index in [1.807, 2.05) is 12.1 Å². The average Bonchev–Trinajstić information content (AvgIpc) is 2.52. The molecule has 1 fully saturated rings. The van der Waals surface area contributed by atoms with Crippen molar-refractivity contribution < 1.29 is 14.6 Å². The average molecular weight is 299 g/mol. The van der Waals surface area contributed by atoms with Gasteiger partial charge in [0.05, 0.1) is 5.60 Å². The van der Waals surface area contributed by atoms with Gasteiger partial charge in [0.15, 0.2) is 11.5 Å². The quantitative estimate of drug-likeness (QED) is 0.864. The van der Waals surface area contributed by atoms with E-state index in [0.29, 0.717) is 0 Å². The molecule has 0 bridgehead atoms. The number of rotatable bonds is 1. The number of fused-ring (bicyclic) bond motifs is 1. The molecule has 92 valence electrons. The third-order valence-electron chi connectivity index (χ3n) is 3.40. The lowest BCUT2D eigenvalue weighted by molar-refractivity contribution is -0.138. The third-order valence-corrected chi connectivity index (χ3v) is 4.06. The van der Waals surface area contributed by atoms with Gasteiger partial charge in [-0.3, -0.25) is 0 Å². The number of ether oxygens (including phenoxy) is 2. The van der Waals surface area contributed by atoms with Gasteiger partial charge in [0.2, 0.25) is 0 Å². The number of hydrogen-bond acceptors (Lipinski definition) is 3. The van der Waals surface area contributed by atoms with Gasteiger partial charge in [0.25, 0.3) is 5.79 Å². The van der Waals surface area contributed by atoms with Crippen molar-refractivity contribution in [1.82, 2.24) is 0 Å². The second-order valence-electron chi connectivity index (χ2n) is 5.31. The lowest BCUT2D eigenvalue weighted by Crippen LogP contribution is -2.45. The smallest absolute Gasteiger partial charge is 0.251 e. The van der Waals surface area contributed by atoms with Crippen molar-refractivity contribution in [3.63, 3.8) is 0 Å². The molecular formula is C13H15BrO3. The van der Waals surface area contributed by atoms with Crippen molar-refractivity contribution in [3.8, 4) is 11.5 Å². The summed E-state index contributed by atoms with van der Waals surface area (Å²) in [4.78, 5) is 0. The zero-order chi connectivity index (χ0) is 12.3. The summed E-state index contributed by atoms with van der Waals surface area (Å²) >= 11 is 3.47. The Labute approximate surface area is 109 Å². The Morgan fingerprint density at radius 2 is 1.82 bits per heavy atom. The van der Waals surface area contributed by atoms with Crippen LogP contribution in [-0.4, -0.2) is 10.9 Å². The Kier molecular flexibility index (Phi) is 2.26. The summed E-state index contributed by atoms with van der Waals surface area (Å²) in [6.07, 6.45) is 3.03. The van der Waals surface area contributed by atoms with Gasteiger partial charge in [0.1, 0.15) is 0 Å². The highest BCUT2D eigenvalue weighted by Crippen LogP contribution is 2.50. The predicted molar refractivity (Wildman–Crippen MR) is 67.2 cm³/mol. The molecule has 3 rings (SSSR count). The molecule has 1 heterocycles. The maximum Gasteiger partial charge on any atom is 0.251 e. The lowest BCUT2D eigenvalue weighted by Gasteiger charge is -2.35. The van der Waals surface area contributed by atoms with Crippen molar-refractivity contribution in [1.29, 1.82) is 0 Å². The molecule has 1 saturated carbocycles. The van der Waals surface area contributed by atoms with E-state index in [2.05, 4.69) is 15.9 Å². The highest BCUT2D eigenvalue weighted by Gasteiger charge is 2.47. The number of hydrogen-bond donors (Lipinski definition) is 1. The minimum atomic E-state index is -0.896. The van der Waals surface area contributed by atoms with E-state index < -0.39 is 11.4 Å². The first kappa shape index (κ1) is 11.4. The van der Waals surface area contributed by atoms with Crippen molar-refractivity contribution in [2.75, 3.05) is 0 Å². The first-order chi connectivity index (χ1) is 7.90. The minimum absolute atomic E-state index is 0.417. The molecule has 0 saturated heterocycles. The van der Waals surface area contributed by atoms with E-state index in [9.17, 15) is 5.11 Å². The normalized spacial score (nSPS) is 20.5. The van der Waals surface area contributed by atoms with Crippen LogP contribution in [0.15, 0.2) is 16.6 Å². The molecule has 0 aromatic heterocycles. The molecule has 3 nitrogen and oxygen atoms in total. The van der Waals surface area contributed by atoms with Crippen LogP contribution in [0.3, 0.4) is 0 Å². The summed E-state index contributed by atoms with van der Waals surface area (Å²) in [6, 6.07) is 3.75. The van der Waals surface area contributed by atoms with E-state index in [-0.39, 0.29) is 0 Å². The molecular weight excluding hydrogens is 284 g/mol. The second kappa shape index (κ2) is 3.39. The number of aliphatic hydroxyl groups is 1. The van der Waals surface area contributed by atoms with E-state index >= 15 is 0 Å². The van der Waals surface area contributed by atoms with Crippen LogP contribution >= 0.6 is 15.9 Å². The third kappa shape index (κ3) is 1.74. The van der Waals surface area contributed by atoms with Crippen LogP contribution in [0, 0.1) is 0 Å². The molecule has 0 unspecified atom stereocenters. The van der Waals surface area contributed by atoms with Crippen LogP contribution in [0.1, 0.15) is 38.7 Å². The van der Waals surface area contributed by atoms with Crippen LogP contribution in [0.5, 0.6) is 11.5 Å². The summed E-state index contributed by atoms with van der Waals surface area (Å²) in [5.74, 6) is 1.09. The van der Waals surface area contributed by atoms with Crippen molar-refractivity contribution in [2.24, 2.45) is 0 Å². The molecule has 1 aliphatic carbocycles. The molecule has 17 heavy (non-hydrogen) atoms. The van der Waals surface area contributed by atoms with Gasteiger partial charge in [-0.2, -0.15) is 0 Å². The highest BCUT2D eigenvalue weighted by atomic mass is 79.9. The van der Waals surface area contributed by atoms with Crippen LogP contribution in [-0.2, 0) is 5.60 Å². The zero-order valence-corrected chi connectivity index (χ0v) is 11.5. The molecule has 1 spiro atoms. The van der Waals surface area contributed by atoms with Crippen molar-refractivity contribution in [3.05, 3.63) is 22.2 Å². The Morgan fingerprint density at radius 3 is 2.29 bits per heavy atom.